The van der Waals surface area contributed by atoms with E-state index >= 15 is 0 Å². The normalized spacial score (nSPS) is 11.1. The molecule has 0 radical (unpaired) electrons. The van der Waals surface area contributed by atoms with Crippen molar-refractivity contribution in [2.75, 3.05) is 5.32 Å². The molecule has 0 unspecified atom stereocenters. The molecule has 0 spiro atoms. The third-order valence-corrected chi connectivity index (χ3v) is 5.50. The van der Waals surface area contributed by atoms with Gasteiger partial charge in [-0.15, -0.1) is 0 Å². The number of nitrogens with zero attached hydrogens (tertiary/aromatic N) is 4. The number of rotatable bonds is 7. The number of hydrogen-bond donors (Lipinski definition) is 2. The van der Waals surface area contributed by atoms with Gasteiger partial charge in [0.25, 0.3) is 0 Å². The Labute approximate surface area is 202 Å². The second-order valence-electron chi connectivity index (χ2n) is 8.32. The summed E-state index contributed by atoms with van der Waals surface area (Å²) in [6.45, 7) is 4.15. The zero-order valence-corrected chi connectivity index (χ0v) is 19.3. The van der Waals surface area contributed by atoms with Crippen molar-refractivity contribution in [1.82, 2.24) is 19.5 Å². The van der Waals surface area contributed by atoms with Crippen LogP contribution in [0.1, 0.15) is 30.2 Å². The highest BCUT2D eigenvalue weighted by Gasteiger charge is 2.16. The number of carbonyl (C=O) groups is 1. The lowest BCUT2D eigenvalue weighted by molar-refractivity contribution is 0.100. The van der Waals surface area contributed by atoms with E-state index in [-0.39, 0.29) is 6.04 Å². The fourth-order valence-electron chi connectivity index (χ4n) is 3.66. The molecule has 0 aliphatic heterocycles. The van der Waals surface area contributed by atoms with E-state index in [0.29, 0.717) is 22.7 Å². The van der Waals surface area contributed by atoms with Crippen molar-refractivity contribution in [2.24, 2.45) is 5.73 Å². The Hall–Kier alpha value is -4.72. The zero-order valence-electron chi connectivity index (χ0n) is 19.3. The van der Waals surface area contributed by atoms with Gasteiger partial charge in [-0.3, -0.25) is 4.79 Å². The Morgan fingerprint density at radius 1 is 0.914 bits per heavy atom. The molecule has 0 aliphatic carbocycles. The number of benzene rings is 3. The standard InChI is InChI=1S/C27H24N6O2/c1-17(2)33-16-29-23-26(30-20-12-14-22(15-13-20)35-21-6-4-3-5-7-21)31-25(32-27(23)33)19-10-8-18(9-11-19)24(28)34/h3-17H,1-2H3,(H2,28,34)(H,30,31,32). The van der Waals surface area contributed by atoms with Crippen LogP contribution in [0.3, 0.4) is 0 Å². The summed E-state index contributed by atoms with van der Waals surface area (Å²) in [5.74, 6) is 2.13. The van der Waals surface area contributed by atoms with Crippen LogP contribution in [0, 0.1) is 0 Å². The van der Waals surface area contributed by atoms with Crippen LogP contribution in [-0.2, 0) is 0 Å². The van der Waals surface area contributed by atoms with Crippen molar-refractivity contribution < 1.29 is 9.53 Å². The Morgan fingerprint density at radius 3 is 2.26 bits per heavy atom. The first-order valence-electron chi connectivity index (χ1n) is 11.2. The third-order valence-electron chi connectivity index (χ3n) is 5.50. The number of para-hydroxylation sites is 1. The number of amides is 1. The Morgan fingerprint density at radius 2 is 1.60 bits per heavy atom. The highest BCUT2D eigenvalue weighted by atomic mass is 16.5. The first-order chi connectivity index (χ1) is 17.0. The van der Waals surface area contributed by atoms with Gasteiger partial charge in [-0.05, 0) is 62.4 Å². The van der Waals surface area contributed by atoms with Crippen LogP contribution >= 0.6 is 0 Å². The van der Waals surface area contributed by atoms with Crippen LogP contribution in [0.15, 0.2) is 85.2 Å². The van der Waals surface area contributed by atoms with Gasteiger partial charge < -0.3 is 20.4 Å². The summed E-state index contributed by atoms with van der Waals surface area (Å²) in [6.07, 6.45) is 1.77. The second kappa shape index (κ2) is 9.26. The number of ether oxygens (including phenoxy) is 1. The summed E-state index contributed by atoms with van der Waals surface area (Å²) in [4.78, 5) is 25.6. The van der Waals surface area contributed by atoms with Gasteiger partial charge in [0, 0.05) is 22.9 Å². The maximum Gasteiger partial charge on any atom is 0.248 e. The lowest BCUT2D eigenvalue weighted by Gasteiger charge is -2.12. The molecule has 3 aromatic carbocycles. The maximum atomic E-state index is 11.5. The number of primary amides is 1. The van der Waals surface area contributed by atoms with Crippen LogP contribution in [-0.4, -0.2) is 25.4 Å². The molecule has 0 saturated carbocycles. The average Bonchev–Trinajstić information content (AvgIpc) is 3.31. The maximum absolute atomic E-state index is 11.5. The van der Waals surface area contributed by atoms with Crippen molar-refractivity contribution in [2.45, 2.75) is 19.9 Å². The van der Waals surface area contributed by atoms with E-state index in [4.69, 9.17) is 20.4 Å². The topological polar surface area (TPSA) is 108 Å². The molecule has 5 aromatic rings. The zero-order chi connectivity index (χ0) is 24.4. The molecule has 1 amide bonds. The summed E-state index contributed by atoms with van der Waals surface area (Å²) >= 11 is 0. The molecule has 0 bridgehead atoms. The minimum atomic E-state index is -0.479. The first kappa shape index (κ1) is 22.1. The molecule has 0 atom stereocenters. The molecule has 35 heavy (non-hydrogen) atoms. The van der Waals surface area contributed by atoms with Crippen LogP contribution < -0.4 is 15.8 Å². The number of anilines is 2. The summed E-state index contributed by atoms with van der Waals surface area (Å²) in [7, 11) is 0. The first-order valence-corrected chi connectivity index (χ1v) is 11.2. The van der Waals surface area contributed by atoms with Gasteiger partial charge in [0.1, 0.15) is 11.5 Å². The molecule has 0 aliphatic rings. The SMILES string of the molecule is CC(C)n1cnc2c(Nc3ccc(Oc4ccccc4)cc3)nc(-c3ccc(C(N)=O)cc3)nc21. The van der Waals surface area contributed by atoms with E-state index < -0.39 is 5.91 Å². The van der Waals surface area contributed by atoms with E-state index in [1.807, 2.05) is 59.2 Å². The van der Waals surface area contributed by atoms with Gasteiger partial charge >= 0.3 is 0 Å². The van der Waals surface area contributed by atoms with Gasteiger partial charge in [0.15, 0.2) is 22.8 Å². The van der Waals surface area contributed by atoms with Gasteiger partial charge in [0.2, 0.25) is 5.91 Å². The molecule has 174 valence electrons. The van der Waals surface area contributed by atoms with Gasteiger partial charge in [0.05, 0.1) is 6.33 Å². The van der Waals surface area contributed by atoms with Gasteiger partial charge in [-0.1, -0.05) is 30.3 Å². The molecular weight excluding hydrogens is 440 g/mol. The van der Waals surface area contributed by atoms with Crippen molar-refractivity contribution in [3.8, 4) is 22.9 Å². The molecule has 8 nitrogen and oxygen atoms in total. The molecular formula is C27H24N6O2. The largest absolute Gasteiger partial charge is 0.457 e. The smallest absolute Gasteiger partial charge is 0.248 e. The van der Waals surface area contributed by atoms with E-state index in [9.17, 15) is 4.79 Å². The number of nitrogens with two attached hydrogens (primary N) is 1. The summed E-state index contributed by atoms with van der Waals surface area (Å²) in [5, 5.41) is 3.37. The molecule has 0 fully saturated rings. The van der Waals surface area contributed by atoms with Crippen LogP contribution in [0.5, 0.6) is 11.5 Å². The summed E-state index contributed by atoms with van der Waals surface area (Å²) in [5.41, 5.74) is 8.79. The van der Waals surface area contributed by atoms with E-state index in [1.54, 1.807) is 30.6 Å². The minimum Gasteiger partial charge on any atom is -0.457 e. The summed E-state index contributed by atoms with van der Waals surface area (Å²) in [6, 6.07) is 24.3. The van der Waals surface area contributed by atoms with Crippen molar-refractivity contribution >= 4 is 28.6 Å². The fraction of sp³-hybridized carbons (Fsp3) is 0.111. The monoisotopic (exact) mass is 464 g/mol. The predicted octanol–water partition coefficient (Wildman–Crippen LogP) is 5.71. The van der Waals surface area contributed by atoms with E-state index in [0.717, 1.165) is 28.4 Å². The number of nitrogens with one attached hydrogen (secondary N) is 1. The number of imidazole rings is 1. The molecule has 8 heteroatoms. The Bertz CT molecular complexity index is 1480. The predicted molar refractivity (Wildman–Crippen MR) is 136 cm³/mol. The number of carbonyl (C=O) groups excluding carboxylic acids is 1. The van der Waals surface area contributed by atoms with Gasteiger partial charge in [-0.25, -0.2) is 15.0 Å². The highest BCUT2D eigenvalue weighted by molar-refractivity contribution is 5.93. The van der Waals surface area contributed by atoms with Crippen molar-refractivity contribution in [3.05, 3.63) is 90.8 Å². The second-order valence-corrected chi connectivity index (χ2v) is 8.32. The van der Waals surface area contributed by atoms with E-state index in [2.05, 4.69) is 24.1 Å². The van der Waals surface area contributed by atoms with Crippen LogP contribution in [0.25, 0.3) is 22.6 Å². The third kappa shape index (κ3) is 4.67. The number of fused-ring (bicyclic) bond motifs is 1. The lowest BCUT2D eigenvalue weighted by Crippen LogP contribution is -2.10. The lowest BCUT2D eigenvalue weighted by atomic mass is 10.1. The van der Waals surface area contributed by atoms with Crippen molar-refractivity contribution in [1.29, 1.82) is 0 Å². The van der Waals surface area contributed by atoms with Crippen LogP contribution in [0.4, 0.5) is 11.5 Å². The van der Waals surface area contributed by atoms with E-state index in [1.165, 1.54) is 0 Å². The minimum absolute atomic E-state index is 0.169. The quantitative estimate of drug-likeness (QED) is 0.319. The van der Waals surface area contributed by atoms with Crippen molar-refractivity contribution in [3.63, 3.8) is 0 Å². The molecule has 2 heterocycles. The molecule has 0 saturated heterocycles. The van der Waals surface area contributed by atoms with Gasteiger partial charge in [-0.2, -0.15) is 0 Å². The number of hydrogen-bond acceptors (Lipinski definition) is 6. The number of aromatic nitrogens is 4. The average molecular weight is 465 g/mol. The fourth-order valence-corrected chi connectivity index (χ4v) is 3.66. The molecule has 5 rings (SSSR count). The molecule has 3 N–H and O–H groups in total. The summed E-state index contributed by atoms with van der Waals surface area (Å²) < 4.78 is 7.89. The highest BCUT2D eigenvalue weighted by Crippen LogP contribution is 2.29. The van der Waals surface area contributed by atoms with Crippen LogP contribution in [0.2, 0.25) is 0 Å². The Kier molecular flexibility index (Phi) is 5.85. The molecule has 2 aromatic heterocycles. The Balaban J connectivity index is 1.49.